The van der Waals surface area contributed by atoms with Gasteiger partial charge in [-0.1, -0.05) is 60.7 Å². The van der Waals surface area contributed by atoms with E-state index in [4.69, 9.17) is 85.3 Å². The fourth-order valence-electron chi connectivity index (χ4n) is 14.4. The molecule has 6 rings (SSSR count). The molecule has 4 saturated heterocycles. The van der Waals surface area contributed by atoms with Crippen LogP contribution in [0, 0.1) is 0 Å². The lowest BCUT2D eigenvalue weighted by molar-refractivity contribution is -0.237. The highest BCUT2D eigenvalue weighted by molar-refractivity contribution is 8.00. The number of carboxylic acids is 1. The van der Waals surface area contributed by atoms with Gasteiger partial charge in [-0.25, -0.2) is 0 Å². The van der Waals surface area contributed by atoms with Crippen molar-refractivity contribution in [2.45, 2.75) is 243 Å². The fourth-order valence-corrected chi connectivity index (χ4v) is 19.2. The SMILES string of the molecule is CC(=O)OCC1OC(SCCN(CC(=O)N(CCSC2OC(C)C(OC(C)=O)C(OC(C)=O)C2OC(C)=O)CC(=O)N(CCSC2OC(COC(C)=O)C(OC(C)=O)C(OC(C)=O)C2OC(C)=O)CC(=O)N(CCSC2OC(C)C(OC(C)=O)C(OC(C)=O)C2OC(C)=O)CC(=O)N(CC(=O)O)Cc2ccccc2)C(=O)CNCc2ccccc2)C(OC(C)=O)C(OC(C)=O)C1OC(C)=O. The third-order valence-corrected chi connectivity index (χ3v) is 24.3. The first kappa shape index (κ1) is 113. The summed E-state index contributed by atoms with van der Waals surface area (Å²) in [5.41, 5.74) is -4.50. The van der Waals surface area contributed by atoms with Crippen LogP contribution in [0.4, 0.5) is 0 Å². The number of amides is 5. The first-order valence-corrected chi connectivity index (χ1v) is 46.7. The Bertz CT molecular complexity index is 4460. The van der Waals surface area contributed by atoms with Gasteiger partial charge in [-0.15, -0.1) is 47.0 Å². The number of carbonyl (C=O) groups is 20. The van der Waals surface area contributed by atoms with Crippen LogP contribution < -0.4 is 5.32 Å². The molecule has 20 unspecified atom stereocenters. The number of benzene rings is 2. The minimum Gasteiger partial charge on any atom is -0.480 e. The predicted molar refractivity (Wildman–Crippen MR) is 470 cm³/mol. The summed E-state index contributed by atoms with van der Waals surface area (Å²) in [6, 6.07) is 16.9. The maximum Gasteiger partial charge on any atom is 0.323 e. The highest BCUT2D eigenvalue weighted by Gasteiger charge is 2.56. The molecule has 0 aromatic heterocycles. The molecule has 5 amide bonds. The lowest BCUT2D eigenvalue weighted by Crippen LogP contribution is -2.61. The quantitative estimate of drug-likeness (QED) is 0.0698. The third-order valence-electron chi connectivity index (χ3n) is 19.8. The summed E-state index contributed by atoms with van der Waals surface area (Å²) >= 11 is 3.25. The minimum atomic E-state index is -1.72. The molecule has 49 heteroatoms. The number of carbonyl (C=O) groups excluding carboxylic acids is 19. The maximum atomic E-state index is 16.3. The standard InChI is InChI=1S/C86H116N6O39S4/c1-45-71(118-49(5)95)75(122-53(9)99)79(126-57(13)103)83(116-45)132-32-28-89(66(108)38-88(65(107)36-87-35-61-23-19-17-20-24-61)27-31-134-85-81(128-59(15)105)77(124-55(11)101)73(120-51(7)97)63(130-85)43-114-47(3)93)39-67(109)90(30-34-135-86-82(129-60(16)106)78(125-56(12)102)74(121-52(8)98)64(131-86)44-115-48(4)94)40-68(110)91(41-69(111)92(42-70(112)113)37-62-25-21-18-22-26-62)29-33-133-84-80(127-58(14)104)76(123-54(10)100)72(46(2)117-84)119-50(6)96/h17-26,45-46,63-64,71-87H,27-44H2,1-16H3,(H,112,113). The summed E-state index contributed by atoms with van der Waals surface area (Å²) in [4.78, 5) is 275. The molecule has 4 aliphatic rings. The van der Waals surface area contributed by atoms with E-state index in [-0.39, 0.29) is 30.3 Å². The second-order valence-electron chi connectivity index (χ2n) is 31.0. The van der Waals surface area contributed by atoms with Crippen LogP contribution in [0.2, 0.25) is 0 Å². The molecule has 0 aliphatic carbocycles. The van der Waals surface area contributed by atoms with E-state index in [0.717, 1.165) is 168 Å². The summed E-state index contributed by atoms with van der Waals surface area (Å²) in [6.45, 7) is 8.11. The lowest BCUT2D eigenvalue weighted by atomic mass is 9.99. The van der Waals surface area contributed by atoms with Crippen molar-refractivity contribution in [2.24, 2.45) is 0 Å². The molecule has 135 heavy (non-hydrogen) atoms. The number of nitrogens with zero attached hydrogens (tertiary/aromatic N) is 5. The molecule has 4 fully saturated rings. The van der Waals surface area contributed by atoms with Gasteiger partial charge in [-0.05, 0) is 25.0 Å². The van der Waals surface area contributed by atoms with Crippen LogP contribution in [0.1, 0.15) is 122 Å². The summed E-state index contributed by atoms with van der Waals surface area (Å²) in [5, 5.41) is 13.4. The number of nitrogens with one attached hydrogen (secondary N) is 1. The summed E-state index contributed by atoms with van der Waals surface area (Å²) in [5.74, 6) is -20.6. The van der Waals surface area contributed by atoms with Crippen LogP contribution >= 0.6 is 47.0 Å². The zero-order chi connectivity index (χ0) is 100. The summed E-state index contributed by atoms with van der Waals surface area (Å²) < 4.78 is 104. The Balaban J connectivity index is 1.56. The van der Waals surface area contributed by atoms with Crippen molar-refractivity contribution in [2.75, 3.05) is 102 Å². The van der Waals surface area contributed by atoms with E-state index >= 15 is 24.0 Å². The molecule has 4 heterocycles. The van der Waals surface area contributed by atoms with Gasteiger partial charge < -0.3 is 120 Å². The number of hydrogen-bond donors (Lipinski definition) is 2. The molecule has 0 bridgehead atoms. The van der Waals surface area contributed by atoms with Gasteiger partial charge >= 0.3 is 89.5 Å². The molecule has 45 nitrogen and oxygen atoms in total. The van der Waals surface area contributed by atoms with Crippen LogP contribution in [-0.4, -0.2) is 370 Å². The minimum absolute atomic E-state index is 0.0866. The van der Waals surface area contributed by atoms with E-state index in [0.29, 0.717) is 11.1 Å². The number of ether oxygens (including phenoxy) is 18. The van der Waals surface area contributed by atoms with Gasteiger partial charge in [-0.3, -0.25) is 95.9 Å². The molecule has 4 aliphatic heterocycles. The zero-order valence-corrected chi connectivity index (χ0v) is 80.6. The first-order chi connectivity index (χ1) is 63.7. The second-order valence-corrected chi connectivity index (χ2v) is 35.8. The Morgan fingerprint density at radius 1 is 0.296 bits per heavy atom. The van der Waals surface area contributed by atoms with E-state index in [1.165, 1.54) is 13.8 Å². The van der Waals surface area contributed by atoms with Crippen LogP contribution in [0.25, 0.3) is 0 Å². The van der Waals surface area contributed by atoms with Gasteiger partial charge in [0.25, 0.3) is 0 Å². The number of aliphatic carboxylic acids is 1. The van der Waals surface area contributed by atoms with E-state index in [1.807, 2.05) is 0 Å². The van der Waals surface area contributed by atoms with Crippen LogP contribution in [0.15, 0.2) is 60.7 Å². The normalized spacial score (nSPS) is 24.4. The van der Waals surface area contributed by atoms with Crippen molar-refractivity contribution in [3.05, 3.63) is 71.8 Å². The molecule has 748 valence electrons. The Morgan fingerprint density at radius 2 is 0.541 bits per heavy atom. The van der Waals surface area contributed by atoms with Crippen molar-refractivity contribution < 1.29 is 186 Å². The molecule has 0 spiro atoms. The fraction of sp³-hybridized carbons (Fsp3) is 0.628. The van der Waals surface area contributed by atoms with Crippen molar-refractivity contribution in [3.8, 4) is 0 Å². The molecule has 2 aromatic rings. The maximum absolute atomic E-state index is 16.3. The topological polar surface area (TPSA) is 556 Å². The zero-order valence-electron chi connectivity index (χ0n) is 77.4. The van der Waals surface area contributed by atoms with Gasteiger partial charge in [0.1, 0.15) is 53.7 Å². The van der Waals surface area contributed by atoms with E-state index in [2.05, 4.69) is 5.32 Å². The Kier molecular flexibility index (Phi) is 46.7. The third kappa shape index (κ3) is 38.3. The van der Waals surface area contributed by atoms with Gasteiger partial charge in [0.15, 0.2) is 73.2 Å². The average molecular weight is 1990 g/mol. The van der Waals surface area contributed by atoms with Gasteiger partial charge in [0, 0.05) is 159 Å². The van der Waals surface area contributed by atoms with Crippen LogP contribution in [-0.2, 0) is 194 Å². The van der Waals surface area contributed by atoms with E-state index in [9.17, 15) is 77.0 Å². The number of esters is 14. The highest BCUT2D eigenvalue weighted by Crippen LogP contribution is 2.40. The molecule has 0 saturated carbocycles. The molecule has 2 aromatic carbocycles. The van der Waals surface area contributed by atoms with Gasteiger partial charge in [0.05, 0.1) is 44.9 Å². The van der Waals surface area contributed by atoms with Gasteiger partial charge in [0.2, 0.25) is 29.5 Å². The molecular weight excluding hydrogens is 1870 g/mol. The average Bonchev–Trinajstić information content (AvgIpc) is 0.807. The highest BCUT2D eigenvalue weighted by atomic mass is 32.2. The van der Waals surface area contributed by atoms with Crippen molar-refractivity contribution >= 4 is 166 Å². The number of hydrogen-bond acceptors (Lipinski definition) is 43. The van der Waals surface area contributed by atoms with E-state index in [1.54, 1.807) is 60.7 Å². The first-order valence-electron chi connectivity index (χ1n) is 42.5. The molecular formula is C86H116N6O39S4. The number of carboxylic acid groups (broad SMARTS) is 1. The molecule has 20 atom stereocenters. The van der Waals surface area contributed by atoms with Crippen molar-refractivity contribution in [1.29, 1.82) is 0 Å². The Morgan fingerprint density at radius 3 is 0.822 bits per heavy atom. The van der Waals surface area contributed by atoms with Gasteiger partial charge in [-0.2, -0.15) is 0 Å². The van der Waals surface area contributed by atoms with Crippen LogP contribution in [0.5, 0.6) is 0 Å². The smallest absolute Gasteiger partial charge is 0.323 e. The van der Waals surface area contributed by atoms with Crippen molar-refractivity contribution in [3.63, 3.8) is 0 Å². The largest absolute Gasteiger partial charge is 0.480 e. The summed E-state index contributed by atoms with van der Waals surface area (Å²) in [7, 11) is 0. The Hall–Kier alpha value is -11.0. The van der Waals surface area contributed by atoms with Crippen molar-refractivity contribution in [1.82, 2.24) is 29.8 Å². The van der Waals surface area contributed by atoms with Crippen LogP contribution in [0.3, 0.4) is 0 Å². The summed E-state index contributed by atoms with van der Waals surface area (Å²) in [6.07, 6.45) is -23.9. The predicted octanol–water partition coefficient (Wildman–Crippen LogP) is 1.38. The lowest BCUT2D eigenvalue weighted by Gasteiger charge is -2.44. The molecule has 2 N–H and O–H groups in total. The Labute approximate surface area is 794 Å². The molecule has 0 radical (unpaired) electrons. The number of thioether (sulfide) groups is 4. The number of rotatable bonds is 48. The van der Waals surface area contributed by atoms with E-state index < -0.39 is 323 Å². The monoisotopic (exact) mass is 1980 g/mol. The second kappa shape index (κ2) is 55.9.